The van der Waals surface area contributed by atoms with Gasteiger partial charge in [-0.3, -0.25) is 9.59 Å². The number of aliphatic hydroxyl groups is 1. The molecule has 8 heteroatoms. The minimum Gasteiger partial charge on any atom is -0.472 e. The third-order valence-electron chi connectivity index (χ3n) is 5.96. The molecule has 0 saturated carbocycles. The van der Waals surface area contributed by atoms with E-state index in [2.05, 4.69) is 4.98 Å². The van der Waals surface area contributed by atoms with E-state index >= 15 is 0 Å². The molecule has 0 saturated heterocycles. The molecule has 182 valence electrons. The van der Waals surface area contributed by atoms with Gasteiger partial charge in [0.15, 0.2) is 0 Å². The van der Waals surface area contributed by atoms with Gasteiger partial charge in [-0.25, -0.2) is 4.98 Å². The summed E-state index contributed by atoms with van der Waals surface area (Å²) in [6.07, 6.45) is 5.11. The summed E-state index contributed by atoms with van der Waals surface area (Å²) in [6.45, 7) is 4.28. The Balaban J connectivity index is 1.94. The fourth-order valence-corrected chi connectivity index (χ4v) is 3.79. The molecule has 8 nitrogen and oxygen atoms in total. The Morgan fingerprint density at radius 2 is 2.03 bits per heavy atom. The summed E-state index contributed by atoms with van der Waals surface area (Å²) in [5, 5.41) is 9.79. The molecule has 0 unspecified atom stereocenters. The van der Waals surface area contributed by atoms with Gasteiger partial charge in [-0.05, 0) is 24.1 Å². The zero-order valence-electron chi connectivity index (χ0n) is 20.2. The predicted molar refractivity (Wildman–Crippen MR) is 130 cm³/mol. The van der Waals surface area contributed by atoms with Crippen molar-refractivity contribution >= 4 is 24.0 Å². The van der Waals surface area contributed by atoms with Crippen molar-refractivity contribution in [3.05, 3.63) is 59.3 Å². The van der Waals surface area contributed by atoms with Crippen LogP contribution in [0.4, 0.5) is 0 Å². The summed E-state index contributed by atoms with van der Waals surface area (Å²) in [6, 6.07) is 11.2. The smallest absolute Gasteiger partial charge is 0.259 e. The predicted octanol–water partition coefficient (Wildman–Crippen LogP) is 2.58. The lowest BCUT2D eigenvalue weighted by Gasteiger charge is -2.37. The molecule has 0 fully saturated rings. The Labute approximate surface area is 200 Å². The molecule has 2 heterocycles. The average Bonchev–Trinajstić information content (AvgIpc) is 2.85. The number of likely N-dealkylation sites (N-methyl/N-ethyl adjacent to an activating group) is 1. The molecule has 0 aliphatic carbocycles. The van der Waals surface area contributed by atoms with E-state index in [0.29, 0.717) is 18.7 Å². The van der Waals surface area contributed by atoms with Crippen LogP contribution in [0.1, 0.15) is 35.3 Å². The lowest BCUT2D eigenvalue weighted by molar-refractivity contribution is -0.135. The molecule has 3 atom stereocenters. The van der Waals surface area contributed by atoms with Gasteiger partial charge in [-0.15, -0.1) is 0 Å². The monoisotopic (exact) mass is 467 g/mol. The molecule has 0 radical (unpaired) electrons. The molecule has 1 aromatic carbocycles. The highest BCUT2D eigenvalue weighted by Gasteiger charge is 2.34. The van der Waals surface area contributed by atoms with Crippen molar-refractivity contribution in [3.63, 3.8) is 0 Å². The molecular weight excluding hydrogens is 434 g/mol. The number of fused-ring (bicyclic) bond motifs is 1. The molecule has 1 N–H and O–H groups in total. The van der Waals surface area contributed by atoms with Crippen molar-refractivity contribution in [2.75, 3.05) is 40.5 Å². The summed E-state index contributed by atoms with van der Waals surface area (Å²) in [4.78, 5) is 33.4. The molecule has 34 heavy (non-hydrogen) atoms. The van der Waals surface area contributed by atoms with Crippen LogP contribution in [-0.2, 0) is 9.53 Å². The molecule has 3 rings (SSSR count). The maximum absolute atomic E-state index is 13.5. The standard InChI is InChI=1S/C26H33N3O5/c1-18-14-29(19(2)16-30)26(32)22-12-21(11-10-20-8-6-5-7-9-20)13-27-25(22)34-23(18)15-28(3)24(31)17-33-4/h5-13,18-19,23,30H,14-17H2,1-4H3/b11-10+/t18-,19-,23-/m0/s1. The molecule has 1 aromatic heterocycles. The largest absolute Gasteiger partial charge is 0.472 e. The third kappa shape index (κ3) is 6.21. The van der Waals surface area contributed by atoms with E-state index in [9.17, 15) is 14.7 Å². The van der Waals surface area contributed by atoms with E-state index in [1.807, 2.05) is 56.3 Å². The topological polar surface area (TPSA) is 92.2 Å². The van der Waals surface area contributed by atoms with Crippen LogP contribution in [0.25, 0.3) is 12.2 Å². The maximum atomic E-state index is 13.5. The second-order valence-corrected chi connectivity index (χ2v) is 8.70. The van der Waals surface area contributed by atoms with Gasteiger partial charge in [0.2, 0.25) is 11.8 Å². The van der Waals surface area contributed by atoms with E-state index in [4.69, 9.17) is 9.47 Å². The number of carbonyl (C=O) groups is 2. The summed E-state index contributed by atoms with van der Waals surface area (Å²) < 4.78 is 11.2. The molecule has 0 bridgehead atoms. The van der Waals surface area contributed by atoms with Crippen LogP contribution in [0.15, 0.2) is 42.6 Å². The first kappa shape index (κ1) is 25.4. The number of methoxy groups -OCH3 is 1. The van der Waals surface area contributed by atoms with E-state index in [0.717, 1.165) is 11.1 Å². The SMILES string of the molecule is COCC(=O)N(C)C[C@@H]1Oc2ncc(/C=C/c3ccccc3)cc2C(=O)N([C@@H](C)CO)C[C@@H]1C. The highest BCUT2D eigenvalue weighted by atomic mass is 16.5. The van der Waals surface area contributed by atoms with Crippen LogP contribution < -0.4 is 4.74 Å². The average molecular weight is 468 g/mol. The van der Waals surface area contributed by atoms with Crippen LogP contribution in [0.5, 0.6) is 5.88 Å². The van der Waals surface area contributed by atoms with Crippen LogP contribution in [0, 0.1) is 5.92 Å². The zero-order valence-corrected chi connectivity index (χ0v) is 20.2. The number of aliphatic hydroxyl groups excluding tert-OH is 1. The first-order chi connectivity index (χ1) is 16.3. The highest BCUT2D eigenvalue weighted by molar-refractivity contribution is 5.97. The summed E-state index contributed by atoms with van der Waals surface area (Å²) in [5.41, 5.74) is 2.12. The number of amides is 2. The normalized spacial score (nSPS) is 19.2. The first-order valence-electron chi connectivity index (χ1n) is 11.4. The Kier molecular flexibility index (Phi) is 8.79. The van der Waals surface area contributed by atoms with Gasteiger partial charge in [0.1, 0.15) is 18.3 Å². The van der Waals surface area contributed by atoms with Gasteiger partial charge >= 0.3 is 0 Å². The molecular formula is C26H33N3O5. The van der Waals surface area contributed by atoms with E-state index in [1.54, 1.807) is 29.1 Å². The maximum Gasteiger partial charge on any atom is 0.259 e. The minimum atomic E-state index is -0.399. The first-order valence-corrected chi connectivity index (χ1v) is 11.4. The van der Waals surface area contributed by atoms with Crippen molar-refractivity contribution < 1.29 is 24.2 Å². The van der Waals surface area contributed by atoms with Crippen molar-refractivity contribution in [1.82, 2.24) is 14.8 Å². The summed E-state index contributed by atoms with van der Waals surface area (Å²) in [7, 11) is 3.17. The summed E-state index contributed by atoms with van der Waals surface area (Å²) in [5.74, 6) is -0.288. The minimum absolute atomic E-state index is 0.0182. The van der Waals surface area contributed by atoms with Gasteiger partial charge in [0, 0.05) is 32.8 Å². The van der Waals surface area contributed by atoms with Gasteiger partial charge in [0.05, 0.1) is 19.2 Å². The molecule has 1 aliphatic rings. The van der Waals surface area contributed by atoms with E-state index in [1.165, 1.54) is 7.11 Å². The van der Waals surface area contributed by atoms with Gasteiger partial charge in [-0.2, -0.15) is 0 Å². The number of pyridine rings is 1. The van der Waals surface area contributed by atoms with Crippen molar-refractivity contribution in [2.24, 2.45) is 5.92 Å². The number of ether oxygens (including phenoxy) is 2. The van der Waals surface area contributed by atoms with Crippen molar-refractivity contribution in [3.8, 4) is 5.88 Å². The molecule has 0 spiro atoms. The van der Waals surface area contributed by atoms with Crippen molar-refractivity contribution in [1.29, 1.82) is 0 Å². The molecule has 1 aliphatic heterocycles. The van der Waals surface area contributed by atoms with Gasteiger partial charge in [-0.1, -0.05) is 49.4 Å². The summed E-state index contributed by atoms with van der Waals surface area (Å²) >= 11 is 0. The second kappa shape index (κ2) is 11.8. The Morgan fingerprint density at radius 1 is 1.32 bits per heavy atom. The molecule has 2 aromatic rings. The van der Waals surface area contributed by atoms with Crippen LogP contribution >= 0.6 is 0 Å². The Hall–Kier alpha value is -3.23. The fraction of sp³-hybridized carbons (Fsp3) is 0.423. The number of carbonyl (C=O) groups excluding carboxylic acids is 2. The number of nitrogens with zero attached hydrogens (tertiary/aromatic N) is 3. The number of benzene rings is 1. The van der Waals surface area contributed by atoms with Crippen LogP contribution in [-0.4, -0.2) is 84.3 Å². The fourth-order valence-electron chi connectivity index (χ4n) is 3.79. The highest BCUT2D eigenvalue weighted by Crippen LogP contribution is 2.28. The van der Waals surface area contributed by atoms with Crippen LogP contribution in [0.3, 0.4) is 0 Å². The van der Waals surface area contributed by atoms with Gasteiger partial charge in [0.25, 0.3) is 5.91 Å². The number of rotatable bonds is 8. The Morgan fingerprint density at radius 3 is 2.71 bits per heavy atom. The quantitative estimate of drug-likeness (QED) is 0.642. The number of hydrogen-bond donors (Lipinski definition) is 1. The second-order valence-electron chi connectivity index (χ2n) is 8.70. The Bertz CT molecular complexity index is 1010. The number of aromatic nitrogens is 1. The van der Waals surface area contributed by atoms with Crippen molar-refractivity contribution in [2.45, 2.75) is 26.0 Å². The lowest BCUT2D eigenvalue weighted by atomic mass is 9.99. The molecule has 2 amide bonds. The van der Waals surface area contributed by atoms with E-state index in [-0.39, 0.29) is 42.9 Å². The zero-order chi connectivity index (χ0) is 24.7. The number of hydrogen-bond acceptors (Lipinski definition) is 6. The van der Waals surface area contributed by atoms with Gasteiger partial charge < -0.3 is 24.4 Å². The lowest BCUT2D eigenvalue weighted by Crippen LogP contribution is -2.50. The van der Waals surface area contributed by atoms with E-state index < -0.39 is 6.10 Å². The van der Waals surface area contributed by atoms with Crippen LogP contribution in [0.2, 0.25) is 0 Å². The third-order valence-corrected chi connectivity index (χ3v) is 5.96.